The van der Waals surface area contributed by atoms with Crippen molar-refractivity contribution in [3.8, 4) is 11.5 Å². The predicted octanol–water partition coefficient (Wildman–Crippen LogP) is 7.74. The zero-order chi connectivity index (χ0) is 26.3. The Kier molecular flexibility index (Phi) is 7.48. The topological polar surface area (TPSA) is 65.2 Å². The summed E-state index contributed by atoms with van der Waals surface area (Å²) in [7, 11) is 0. The van der Waals surface area contributed by atoms with Crippen molar-refractivity contribution in [2.75, 3.05) is 0 Å². The van der Waals surface area contributed by atoms with Crippen molar-refractivity contribution in [2.24, 2.45) is 10.2 Å². The van der Waals surface area contributed by atoms with Crippen LogP contribution in [0.15, 0.2) is 34.5 Å². The summed E-state index contributed by atoms with van der Waals surface area (Å²) in [6.07, 6.45) is 3.18. The van der Waals surface area contributed by atoms with Gasteiger partial charge in [0, 0.05) is 22.3 Å². The Morgan fingerprint density at radius 2 is 0.794 bits per heavy atom. The molecule has 2 aromatic carbocycles. The minimum Gasteiger partial charge on any atom is -0.507 e. The van der Waals surface area contributed by atoms with Gasteiger partial charge in [-0.05, 0) is 44.9 Å². The Hall–Kier alpha value is -2.62. The first-order chi connectivity index (χ1) is 15.2. The normalized spacial score (nSPS) is 13.9. The molecule has 0 saturated heterocycles. The van der Waals surface area contributed by atoms with Crippen molar-refractivity contribution in [3.05, 3.63) is 57.6 Å². The van der Waals surface area contributed by atoms with E-state index in [0.29, 0.717) is 11.1 Å². The van der Waals surface area contributed by atoms with Crippen molar-refractivity contribution >= 4 is 12.4 Å². The molecular weight excluding hydrogens is 420 g/mol. The smallest absolute Gasteiger partial charge is 0.128 e. The van der Waals surface area contributed by atoms with E-state index in [4.69, 9.17) is 0 Å². The van der Waals surface area contributed by atoms with Gasteiger partial charge in [-0.1, -0.05) is 95.2 Å². The second kappa shape index (κ2) is 9.20. The second-order valence-corrected chi connectivity index (χ2v) is 13.4. The molecule has 2 N–H and O–H groups in total. The third-order valence-electron chi connectivity index (χ3n) is 6.09. The maximum atomic E-state index is 10.9. The lowest BCUT2D eigenvalue weighted by atomic mass is 9.79. The Morgan fingerprint density at radius 1 is 0.500 bits per heavy atom. The lowest BCUT2D eigenvalue weighted by molar-refractivity contribution is 0.443. The lowest BCUT2D eigenvalue weighted by Crippen LogP contribution is -2.17. The molecule has 0 amide bonds. The molecule has 0 fully saturated rings. The third kappa shape index (κ3) is 6.49. The first-order valence-electron chi connectivity index (χ1n) is 12.1. The maximum absolute atomic E-state index is 10.9. The van der Waals surface area contributed by atoms with Gasteiger partial charge in [0.05, 0.1) is 12.4 Å². The van der Waals surface area contributed by atoms with Gasteiger partial charge in [-0.3, -0.25) is 0 Å². The van der Waals surface area contributed by atoms with E-state index in [2.05, 4.69) is 105 Å². The van der Waals surface area contributed by atoms with Gasteiger partial charge in [0.15, 0.2) is 0 Å². The molecule has 4 nitrogen and oxygen atoms in total. The molecule has 0 radical (unpaired) electrons. The van der Waals surface area contributed by atoms with Crippen LogP contribution in [0.2, 0.25) is 0 Å². The van der Waals surface area contributed by atoms with E-state index in [0.717, 1.165) is 22.3 Å². The summed E-state index contributed by atoms with van der Waals surface area (Å²) < 4.78 is 0. The molecule has 0 unspecified atom stereocenters. The largest absolute Gasteiger partial charge is 0.507 e. The summed E-state index contributed by atoms with van der Waals surface area (Å²) in [5.41, 5.74) is 4.75. The fourth-order valence-electron chi connectivity index (χ4n) is 3.71. The van der Waals surface area contributed by atoms with Gasteiger partial charge in [-0.25, -0.2) is 0 Å². The number of nitrogens with zero attached hydrogens (tertiary/aromatic N) is 2. The molecule has 0 heterocycles. The maximum Gasteiger partial charge on any atom is 0.128 e. The highest BCUT2D eigenvalue weighted by Crippen LogP contribution is 2.38. The Balaban J connectivity index is 2.54. The SMILES string of the molecule is CC(C)(C)c1cc(/C=N/N=C/c2cc(C(C)(C)C)cc(C(C)(C)C)c2O)c(O)c(C(C)(C)C)c1. The molecule has 0 bridgehead atoms. The first-order valence-corrected chi connectivity index (χ1v) is 12.1. The number of aromatic hydroxyl groups is 2. The summed E-state index contributed by atoms with van der Waals surface area (Å²) in [5.74, 6) is 0.457. The van der Waals surface area contributed by atoms with Crippen LogP contribution in [0.5, 0.6) is 11.5 Å². The fraction of sp³-hybridized carbons (Fsp3) is 0.533. The first kappa shape index (κ1) is 27.6. The molecule has 0 atom stereocenters. The molecule has 0 saturated carbocycles. The Labute approximate surface area is 206 Å². The van der Waals surface area contributed by atoms with Crippen molar-refractivity contribution in [2.45, 2.75) is 105 Å². The van der Waals surface area contributed by atoms with E-state index in [9.17, 15) is 10.2 Å². The molecule has 0 spiro atoms. The predicted molar refractivity (Wildman–Crippen MR) is 146 cm³/mol. The number of phenolic OH excluding ortho intramolecular Hbond substituents is 2. The van der Waals surface area contributed by atoms with Gasteiger partial charge < -0.3 is 10.2 Å². The molecule has 0 aliphatic rings. The highest BCUT2D eigenvalue weighted by Gasteiger charge is 2.25. The fourth-order valence-corrected chi connectivity index (χ4v) is 3.71. The summed E-state index contributed by atoms with van der Waals surface area (Å²) in [6.45, 7) is 25.5. The number of phenols is 2. The van der Waals surface area contributed by atoms with Crippen molar-refractivity contribution in [1.29, 1.82) is 0 Å². The summed E-state index contributed by atoms with van der Waals surface area (Å²) in [5, 5.41) is 30.4. The Bertz CT molecular complexity index is 1010. The number of benzene rings is 2. The van der Waals surface area contributed by atoms with Gasteiger partial charge in [-0.2, -0.15) is 10.2 Å². The average Bonchev–Trinajstić information content (AvgIpc) is 2.63. The molecule has 0 aromatic heterocycles. The zero-order valence-corrected chi connectivity index (χ0v) is 23.3. The molecule has 0 aliphatic carbocycles. The minimum atomic E-state index is -0.209. The van der Waals surface area contributed by atoms with Crippen LogP contribution in [0.4, 0.5) is 0 Å². The quantitative estimate of drug-likeness (QED) is 0.360. The van der Waals surface area contributed by atoms with Gasteiger partial charge in [0.25, 0.3) is 0 Å². The van der Waals surface area contributed by atoms with E-state index in [1.54, 1.807) is 12.4 Å². The summed E-state index contributed by atoms with van der Waals surface area (Å²) >= 11 is 0. The van der Waals surface area contributed by atoms with Gasteiger partial charge >= 0.3 is 0 Å². The van der Waals surface area contributed by atoms with Crippen LogP contribution < -0.4 is 0 Å². The van der Waals surface area contributed by atoms with Gasteiger partial charge in [0.1, 0.15) is 11.5 Å². The highest BCUT2D eigenvalue weighted by molar-refractivity contribution is 5.87. The van der Waals surface area contributed by atoms with Crippen molar-refractivity contribution < 1.29 is 10.2 Å². The van der Waals surface area contributed by atoms with E-state index >= 15 is 0 Å². The average molecular weight is 465 g/mol. The van der Waals surface area contributed by atoms with Crippen LogP contribution >= 0.6 is 0 Å². The van der Waals surface area contributed by atoms with Crippen molar-refractivity contribution in [1.82, 2.24) is 0 Å². The van der Waals surface area contributed by atoms with Gasteiger partial charge in [0.2, 0.25) is 0 Å². The van der Waals surface area contributed by atoms with Crippen LogP contribution in [-0.2, 0) is 21.7 Å². The molecule has 2 rings (SSSR count). The molecular formula is C30H44N2O2. The summed E-state index contributed by atoms with van der Waals surface area (Å²) in [4.78, 5) is 0. The van der Waals surface area contributed by atoms with Crippen LogP contribution in [0.1, 0.15) is 116 Å². The minimum absolute atomic E-state index is 0.0674. The standard InChI is InChI=1S/C30H44N2O2/c1-27(2,3)21-13-19(25(33)23(15-21)29(7,8)9)17-31-32-18-20-14-22(28(4,5)6)16-24(26(20)34)30(10,11)12/h13-18,33-34H,1-12H3/b31-17+,32-18+. The summed E-state index contributed by atoms with van der Waals surface area (Å²) in [6, 6.07) is 8.11. The molecule has 186 valence electrons. The number of rotatable bonds is 3. The van der Waals surface area contributed by atoms with Crippen LogP contribution in [0.25, 0.3) is 0 Å². The zero-order valence-electron chi connectivity index (χ0n) is 23.3. The molecule has 0 aliphatic heterocycles. The molecule has 2 aromatic rings. The van der Waals surface area contributed by atoms with E-state index in [-0.39, 0.29) is 33.2 Å². The van der Waals surface area contributed by atoms with Crippen molar-refractivity contribution in [3.63, 3.8) is 0 Å². The van der Waals surface area contributed by atoms with Crippen LogP contribution in [0, 0.1) is 0 Å². The van der Waals surface area contributed by atoms with Crippen LogP contribution in [0.3, 0.4) is 0 Å². The van der Waals surface area contributed by atoms with E-state index in [1.807, 2.05) is 12.1 Å². The number of hydrogen-bond donors (Lipinski definition) is 2. The number of hydrogen-bond acceptors (Lipinski definition) is 4. The van der Waals surface area contributed by atoms with E-state index in [1.165, 1.54) is 0 Å². The van der Waals surface area contributed by atoms with Crippen LogP contribution in [-0.4, -0.2) is 22.6 Å². The van der Waals surface area contributed by atoms with E-state index < -0.39 is 0 Å². The van der Waals surface area contributed by atoms with Gasteiger partial charge in [-0.15, -0.1) is 0 Å². The highest BCUT2D eigenvalue weighted by atomic mass is 16.3. The molecule has 4 heteroatoms. The molecule has 34 heavy (non-hydrogen) atoms. The Morgan fingerprint density at radius 3 is 1.03 bits per heavy atom. The monoisotopic (exact) mass is 464 g/mol. The lowest BCUT2D eigenvalue weighted by Gasteiger charge is -2.27. The second-order valence-electron chi connectivity index (χ2n) is 13.4. The third-order valence-corrected chi connectivity index (χ3v) is 6.09.